The fourth-order valence-corrected chi connectivity index (χ4v) is 1.49. The van der Waals surface area contributed by atoms with Crippen molar-refractivity contribution in [3.63, 3.8) is 0 Å². The van der Waals surface area contributed by atoms with E-state index in [1.165, 1.54) is 0 Å². The maximum Gasteiger partial charge on any atom is 0.0950 e. The van der Waals surface area contributed by atoms with E-state index in [2.05, 4.69) is 15.9 Å². The number of nitrogens with one attached hydrogen (secondary N) is 1. The van der Waals surface area contributed by atoms with Gasteiger partial charge >= 0.3 is 0 Å². The number of nitrogens with two attached hydrogens (primary N) is 1. The normalized spacial score (nSPS) is 9.83. The van der Waals surface area contributed by atoms with E-state index in [4.69, 9.17) is 22.7 Å². The lowest BCUT2D eigenvalue weighted by Crippen LogP contribution is -2.12. The molecule has 4 heteroatoms. The highest BCUT2D eigenvalue weighted by Gasteiger charge is 2.03. The summed E-state index contributed by atoms with van der Waals surface area (Å²) in [5, 5.41) is 7.73. The van der Waals surface area contributed by atoms with Gasteiger partial charge in [0.05, 0.1) is 10.9 Å². The molecule has 0 radical (unpaired) electrons. The van der Waals surface area contributed by atoms with Gasteiger partial charge in [-0.2, -0.15) is 0 Å². The Bertz CT molecular complexity index is 312. The third-order valence-electron chi connectivity index (χ3n) is 1.41. The van der Waals surface area contributed by atoms with Gasteiger partial charge in [-0.15, -0.1) is 0 Å². The van der Waals surface area contributed by atoms with Crippen LogP contribution in [0.25, 0.3) is 0 Å². The minimum absolute atomic E-state index is 0.120. The van der Waals surface area contributed by atoms with Crippen molar-refractivity contribution < 1.29 is 0 Å². The van der Waals surface area contributed by atoms with E-state index in [0.717, 1.165) is 10.0 Å². The summed E-state index contributed by atoms with van der Waals surface area (Å²) in [4.78, 5) is 0. The molecule has 0 aromatic heterocycles. The Hall–Kier alpha value is -0.540. The maximum atomic E-state index is 7.10. The summed E-state index contributed by atoms with van der Waals surface area (Å²) in [6.45, 7) is 0. The third-order valence-corrected chi connectivity index (χ3v) is 2.75. The molecule has 12 heavy (non-hydrogen) atoms. The summed E-state index contributed by atoms with van der Waals surface area (Å²) in [6.07, 6.45) is 0.401. The van der Waals surface area contributed by atoms with Gasteiger partial charge in [-0.05, 0) is 27.6 Å². The smallest absolute Gasteiger partial charge is 0.0950 e. The predicted molar refractivity (Wildman–Crippen MR) is 54.8 cm³/mol. The number of hydrogen-bond donors (Lipinski definition) is 2. The quantitative estimate of drug-likeness (QED) is 0.612. The van der Waals surface area contributed by atoms with E-state index >= 15 is 0 Å². The Morgan fingerprint density at radius 3 is 2.83 bits per heavy atom. The summed E-state index contributed by atoms with van der Waals surface area (Å²) >= 11 is 9.23. The molecule has 0 aliphatic heterocycles. The molecule has 0 spiro atoms. The van der Waals surface area contributed by atoms with Gasteiger partial charge in [0.15, 0.2) is 0 Å². The van der Waals surface area contributed by atoms with Crippen LogP contribution >= 0.6 is 27.5 Å². The first-order chi connectivity index (χ1) is 5.61. The first-order valence-electron chi connectivity index (χ1n) is 3.37. The molecule has 0 bridgehead atoms. The summed E-state index contributed by atoms with van der Waals surface area (Å²) in [5.41, 5.74) is 6.13. The standard InChI is InChI=1S/C8H8BrClN2/c9-6-3-1-2-5(8(6)10)4-7(11)12/h1-3H,4H2,(H3,11,12). The van der Waals surface area contributed by atoms with Gasteiger partial charge in [-0.1, -0.05) is 23.7 Å². The highest BCUT2D eigenvalue weighted by Crippen LogP contribution is 2.25. The molecule has 1 aromatic carbocycles. The van der Waals surface area contributed by atoms with Crippen LogP contribution in [0, 0.1) is 5.41 Å². The first-order valence-corrected chi connectivity index (χ1v) is 4.54. The second-order valence-electron chi connectivity index (χ2n) is 2.41. The molecule has 0 heterocycles. The molecule has 0 saturated carbocycles. The molecule has 3 N–H and O–H groups in total. The molecule has 0 aliphatic carbocycles. The van der Waals surface area contributed by atoms with Crippen LogP contribution < -0.4 is 5.73 Å². The molecule has 2 nitrogen and oxygen atoms in total. The zero-order chi connectivity index (χ0) is 9.14. The van der Waals surface area contributed by atoms with Crippen LogP contribution in [0.3, 0.4) is 0 Å². The minimum Gasteiger partial charge on any atom is -0.387 e. The second kappa shape index (κ2) is 3.92. The summed E-state index contributed by atoms with van der Waals surface area (Å²) < 4.78 is 0.836. The molecule has 1 aromatic rings. The molecular weight excluding hydrogens is 239 g/mol. The van der Waals surface area contributed by atoms with Crippen molar-refractivity contribution in [2.45, 2.75) is 6.42 Å². The van der Waals surface area contributed by atoms with Gasteiger partial charge in [-0.25, -0.2) is 0 Å². The van der Waals surface area contributed by atoms with E-state index in [-0.39, 0.29) is 5.84 Å². The minimum atomic E-state index is 0.120. The summed E-state index contributed by atoms with van der Waals surface area (Å²) in [6, 6.07) is 5.58. The molecule has 0 fully saturated rings. The maximum absolute atomic E-state index is 7.10. The summed E-state index contributed by atoms with van der Waals surface area (Å²) in [5.74, 6) is 0.120. The SMILES string of the molecule is N=C(N)Cc1cccc(Br)c1Cl. The fourth-order valence-electron chi connectivity index (χ4n) is 0.890. The predicted octanol–water partition coefficient (Wildman–Crippen LogP) is 2.58. The van der Waals surface area contributed by atoms with E-state index in [9.17, 15) is 0 Å². The number of amidine groups is 1. The highest BCUT2D eigenvalue weighted by atomic mass is 79.9. The monoisotopic (exact) mass is 246 g/mol. The van der Waals surface area contributed by atoms with Gasteiger partial charge in [0.1, 0.15) is 0 Å². The molecule has 0 amide bonds. The van der Waals surface area contributed by atoms with Crippen molar-refractivity contribution in [3.05, 3.63) is 33.3 Å². The van der Waals surface area contributed by atoms with Crippen molar-refractivity contribution in [2.75, 3.05) is 0 Å². The molecule has 64 valence electrons. The molecule has 0 atom stereocenters. The van der Waals surface area contributed by atoms with Crippen LogP contribution in [0.15, 0.2) is 22.7 Å². The van der Waals surface area contributed by atoms with E-state index in [1.807, 2.05) is 18.2 Å². The lowest BCUT2D eigenvalue weighted by molar-refractivity contribution is 1.24. The lowest BCUT2D eigenvalue weighted by Gasteiger charge is -2.03. The molecular formula is C8H8BrClN2. The van der Waals surface area contributed by atoms with Crippen LogP contribution in [-0.2, 0) is 6.42 Å². The number of halogens is 2. The van der Waals surface area contributed by atoms with Crippen molar-refractivity contribution in [3.8, 4) is 0 Å². The Morgan fingerprint density at radius 1 is 1.58 bits per heavy atom. The highest BCUT2D eigenvalue weighted by molar-refractivity contribution is 9.10. The lowest BCUT2D eigenvalue weighted by atomic mass is 10.1. The van der Waals surface area contributed by atoms with E-state index in [1.54, 1.807) is 0 Å². The Morgan fingerprint density at radius 2 is 2.25 bits per heavy atom. The average molecular weight is 248 g/mol. The molecule has 0 unspecified atom stereocenters. The van der Waals surface area contributed by atoms with Crippen LogP contribution in [0.4, 0.5) is 0 Å². The Balaban J connectivity index is 3.00. The van der Waals surface area contributed by atoms with Crippen molar-refractivity contribution in [1.82, 2.24) is 0 Å². The van der Waals surface area contributed by atoms with E-state index in [0.29, 0.717) is 11.4 Å². The van der Waals surface area contributed by atoms with Crippen LogP contribution in [-0.4, -0.2) is 5.84 Å². The fraction of sp³-hybridized carbons (Fsp3) is 0.125. The zero-order valence-corrected chi connectivity index (χ0v) is 8.61. The van der Waals surface area contributed by atoms with Crippen LogP contribution in [0.2, 0.25) is 5.02 Å². The molecule has 1 rings (SSSR count). The third kappa shape index (κ3) is 2.22. The first kappa shape index (κ1) is 9.55. The van der Waals surface area contributed by atoms with Crippen LogP contribution in [0.5, 0.6) is 0 Å². The average Bonchev–Trinajstić information content (AvgIpc) is 1.98. The molecule has 0 aliphatic rings. The van der Waals surface area contributed by atoms with Gasteiger partial charge in [0.25, 0.3) is 0 Å². The Labute approximate surface area is 84.4 Å². The van der Waals surface area contributed by atoms with Crippen molar-refractivity contribution in [2.24, 2.45) is 5.73 Å². The van der Waals surface area contributed by atoms with Crippen molar-refractivity contribution >= 4 is 33.4 Å². The van der Waals surface area contributed by atoms with Gasteiger partial charge in [-0.3, -0.25) is 5.41 Å². The number of benzene rings is 1. The Kier molecular flexibility index (Phi) is 3.12. The number of hydrogen-bond acceptors (Lipinski definition) is 1. The van der Waals surface area contributed by atoms with Crippen LogP contribution in [0.1, 0.15) is 5.56 Å². The van der Waals surface area contributed by atoms with Gasteiger partial charge in [0.2, 0.25) is 0 Å². The zero-order valence-electron chi connectivity index (χ0n) is 6.27. The topological polar surface area (TPSA) is 49.9 Å². The van der Waals surface area contributed by atoms with Gasteiger partial charge < -0.3 is 5.73 Å². The number of rotatable bonds is 2. The molecule has 0 saturated heterocycles. The summed E-state index contributed by atoms with van der Waals surface area (Å²) in [7, 11) is 0. The largest absolute Gasteiger partial charge is 0.387 e. The van der Waals surface area contributed by atoms with E-state index < -0.39 is 0 Å². The van der Waals surface area contributed by atoms with Crippen molar-refractivity contribution in [1.29, 1.82) is 5.41 Å². The van der Waals surface area contributed by atoms with Gasteiger partial charge in [0, 0.05) is 10.9 Å². The second-order valence-corrected chi connectivity index (χ2v) is 3.65.